The van der Waals surface area contributed by atoms with Crippen molar-refractivity contribution in [3.63, 3.8) is 0 Å². The summed E-state index contributed by atoms with van der Waals surface area (Å²) in [6.45, 7) is 0. The van der Waals surface area contributed by atoms with E-state index in [1.807, 2.05) is 0 Å². The number of rotatable bonds is 2. The largest absolute Gasteiger partial charge is 0.416 e. The van der Waals surface area contributed by atoms with Gasteiger partial charge in [-0.1, -0.05) is 6.07 Å². The summed E-state index contributed by atoms with van der Waals surface area (Å²) in [4.78, 5) is 3.84. The van der Waals surface area contributed by atoms with Gasteiger partial charge in [-0.25, -0.2) is 4.98 Å². The van der Waals surface area contributed by atoms with Gasteiger partial charge in [-0.05, 0) is 30.3 Å². The van der Waals surface area contributed by atoms with Crippen molar-refractivity contribution in [2.45, 2.75) is 6.18 Å². The van der Waals surface area contributed by atoms with Crippen molar-refractivity contribution >= 4 is 17.2 Å². The molecule has 2 aromatic rings. The predicted octanol–water partition coefficient (Wildman–Crippen LogP) is 3.43. The smallest absolute Gasteiger partial charge is 0.384 e. The molecule has 0 radical (unpaired) electrons. The first-order valence-corrected chi connectivity index (χ1v) is 5.11. The van der Waals surface area contributed by atoms with E-state index in [-0.39, 0.29) is 0 Å². The summed E-state index contributed by atoms with van der Waals surface area (Å²) >= 11 is 0. The van der Waals surface area contributed by atoms with E-state index in [4.69, 9.17) is 5.73 Å². The van der Waals surface area contributed by atoms with Gasteiger partial charge < -0.3 is 11.1 Å². The summed E-state index contributed by atoms with van der Waals surface area (Å²) in [5, 5.41) is 2.83. The number of nitrogen functional groups attached to an aromatic ring is 1. The normalized spacial score (nSPS) is 11.3. The van der Waals surface area contributed by atoms with E-state index in [9.17, 15) is 13.2 Å². The maximum absolute atomic E-state index is 12.5. The molecule has 2 rings (SSSR count). The second kappa shape index (κ2) is 4.56. The molecule has 0 aliphatic heterocycles. The first-order chi connectivity index (χ1) is 8.45. The Kier molecular flexibility index (Phi) is 3.10. The van der Waals surface area contributed by atoms with E-state index in [1.54, 1.807) is 18.2 Å². The minimum Gasteiger partial charge on any atom is -0.384 e. The average Bonchev–Trinajstić information content (AvgIpc) is 2.31. The van der Waals surface area contributed by atoms with E-state index >= 15 is 0 Å². The van der Waals surface area contributed by atoms with Crippen LogP contribution in [0.1, 0.15) is 5.56 Å². The Hall–Kier alpha value is -2.24. The average molecular weight is 253 g/mol. The van der Waals surface area contributed by atoms with Crippen LogP contribution in [0.4, 0.5) is 30.4 Å². The highest BCUT2D eigenvalue weighted by Crippen LogP contribution is 2.31. The topological polar surface area (TPSA) is 50.9 Å². The highest BCUT2D eigenvalue weighted by molar-refractivity contribution is 5.60. The molecule has 1 aromatic carbocycles. The Morgan fingerprint density at radius 1 is 1.06 bits per heavy atom. The molecule has 0 unspecified atom stereocenters. The molecular formula is C12H10F3N3. The lowest BCUT2D eigenvalue weighted by molar-refractivity contribution is -0.137. The molecule has 0 atom stereocenters. The molecule has 1 heterocycles. The number of hydrogen-bond donors (Lipinski definition) is 2. The lowest BCUT2D eigenvalue weighted by Crippen LogP contribution is -2.05. The number of nitrogens with one attached hydrogen (secondary N) is 1. The monoisotopic (exact) mass is 253 g/mol. The fourth-order valence-electron chi connectivity index (χ4n) is 1.42. The molecule has 0 saturated carbocycles. The Balaban J connectivity index is 2.22. The summed E-state index contributed by atoms with van der Waals surface area (Å²) in [5.74, 6) is 0.351. The van der Waals surface area contributed by atoms with Crippen molar-refractivity contribution in [1.29, 1.82) is 0 Å². The highest BCUT2D eigenvalue weighted by atomic mass is 19.4. The standard InChI is InChI=1S/C12H10F3N3/c13-12(14,15)8-2-1-3-9(6-8)18-10-4-5-11(16)17-7-10/h1-7,18H,(H2,16,17). The summed E-state index contributed by atoms with van der Waals surface area (Å²) in [7, 11) is 0. The molecular weight excluding hydrogens is 243 g/mol. The van der Waals surface area contributed by atoms with Gasteiger partial charge in [-0.15, -0.1) is 0 Å². The molecule has 94 valence electrons. The maximum atomic E-state index is 12.5. The van der Waals surface area contributed by atoms with Gasteiger partial charge in [0, 0.05) is 5.69 Å². The van der Waals surface area contributed by atoms with Crippen molar-refractivity contribution < 1.29 is 13.2 Å². The van der Waals surface area contributed by atoms with Crippen LogP contribution in [-0.4, -0.2) is 4.98 Å². The van der Waals surface area contributed by atoms with Gasteiger partial charge in [0.2, 0.25) is 0 Å². The van der Waals surface area contributed by atoms with Crippen molar-refractivity contribution in [3.8, 4) is 0 Å². The molecule has 0 bridgehead atoms. The summed E-state index contributed by atoms with van der Waals surface area (Å²) in [6, 6.07) is 8.16. The first kappa shape index (κ1) is 12.2. The van der Waals surface area contributed by atoms with E-state index in [1.165, 1.54) is 12.3 Å². The van der Waals surface area contributed by atoms with Gasteiger partial charge in [-0.3, -0.25) is 0 Å². The van der Waals surface area contributed by atoms with E-state index < -0.39 is 11.7 Å². The molecule has 0 saturated heterocycles. The van der Waals surface area contributed by atoms with Crippen LogP contribution in [0.25, 0.3) is 0 Å². The third-order valence-corrected chi connectivity index (χ3v) is 2.26. The molecule has 3 N–H and O–H groups in total. The van der Waals surface area contributed by atoms with Crippen LogP contribution >= 0.6 is 0 Å². The lowest BCUT2D eigenvalue weighted by atomic mass is 10.2. The quantitative estimate of drug-likeness (QED) is 0.862. The highest BCUT2D eigenvalue weighted by Gasteiger charge is 2.30. The molecule has 0 aliphatic carbocycles. The van der Waals surface area contributed by atoms with Crippen molar-refractivity contribution in [2.24, 2.45) is 0 Å². The van der Waals surface area contributed by atoms with Gasteiger partial charge in [-0.2, -0.15) is 13.2 Å². The Labute approximate surface area is 101 Å². The number of aromatic nitrogens is 1. The molecule has 3 nitrogen and oxygen atoms in total. The first-order valence-electron chi connectivity index (χ1n) is 5.11. The van der Waals surface area contributed by atoms with Gasteiger partial charge in [0.15, 0.2) is 0 Å². The van der Waals surface area contributed by atoms with E-state index in [2.05, 4.69) is 10.3 Å². The predicted molar refractivity (Wildman–Crippen MR) is 63.4 cm³/mol. The van der Waals surface area contributed by atoms with Crippen LogP contribution in [0.2, 0.25) is 0 Å². The molecule has 0 amide bonds. The molecule has 18 heavy (non-hydrogen) atoms. The van der Waals surface area contributed by atoms with Crippen LogP contribution in [-0.2, 0) is 6.18 Å². The molecule has 6 heteroatoms. The van der Waals surface area contributed by atoms with Crippen LogP contribution in [0, 0.1) is 0 Å². The second-order valence-electron chi connectivity index (χ2n) is 3.68. The number of benzene rings is 1. The number of alkyl halides is 3. The number of halogens is 3. The van der Waals surface area contributed by atoms with Crippen molar-refractivity contribution in [3.05, 3.63) is 48.2 Å². The fraction of sp³-hybridized carbons (Fsp3) is 0.0833. The summed E-state index contributed by atoms with van der Waals surface area (Å²) in [6.07, 6.45) is -2.90. The fourth-order valence-corrected chi connectivity index (χ4v) is 1.42. The summed E-state index contributed by atoms with van der Waals surface area (Å²) in [5.41, 5.74) is 5.63. The SMILES string of the molecule is Nc1ccc(Nc2cccc(C(F)(F)F)c2)cn1. The van der Waals surface area contributed by atoms with Crippen LogP contribution in [0.3, 0.4) is 0 Å². The van der Waals surface area contributed by atoms with Gasteiger partial charge in [0.1, 0.15) is 5.82 Å². The zero-order chi connectivity index (χ0) is 13.2. The van der Waals surface area contributed by atoms with Crippen LogP contribution in [0.15, 0.2) is 42.6 Å². The van der Waals surface area contributed by atoms with Gasteiger partial charge >= 0.3 is 6.18 Å². The number of anilines is 3. The zero-order valence-corrected chi connectivity index (χ0v) is 9.20. The van der Waals surface area contributed by atoms with Crippen molar-refractivity contribution in [1.82, 2.24) is 4.98 Å². The van der Waals surface area contributed by atoms with Crippen molar-refractivity contribution in [2.75, 3.05) is 11.1 Å². The number of nitrogens with zero attached hydrogens (tertiary/aromatic N) is 1. The molecule has 0 spiro atoms. The number of hydrogen-bond acceptors (Lipinski definition) is 3. The number of nitrogens with two attached hydrogens (primary N) is 1. The second-order valence-corrected chi connectivity index (χ2v) is 3.68. The third-order valence-electron chi connectivity index (χ3n) is 2.26. The van der Waals surface area contributed by atoms with Gasteiger partial charge in [0.05, 0.1) is 17.4 Å². The van der Waals surface area contributed by atoms with Crippen LogP contribution in [0.5, 0.6) is 0 Å². The minimum absolute atomic E-state index is 0.344. The number of pyridine rings is 1. The Morgan fingerprint density at radius 2 is 1.83 bits per heavy atom. The Morgan fingerprint density at radius 3 is 2.44 bits per heavy atom. The molecule has 0 aliphatic rings. The Bertz CT molecular complexity index is 535. The summed E-state index contributed by atoms with van der Waals surface area (Å²) < 4.78 is 37.5. The molecule has 0 fully saturated rings. The van der Waals surface area contributed by atoms with E-state index in [0.717, 1.165) is 12.1 Å². The van der Waals surface area contributed by atoms with Gasteiger partial charge in [0.25, 0.3) is 0 Å². The van der Waals surface area contributed by atoms with E-state index in [0.29, 0.717) is 17.2 Å². The third kappa shape index (κ3) is 2.91. The zero-order valence-electron chi connectivity index (χ0n) is 9.20. The maximum Gasteiger partial charge on any atom is 0.416 e. The lowest BCUT2D eigenvalue weighted by Gasteiger charge is -2.10. The minimum atomic E-state index is -4.35. The molecule has 1 aromatic heterocycles. The van der Waals surface area contributed by atoms with Crippen LogP contribution < -0.4 is 11.1 Å².